The molecule has 1 aromatic carbocycles. The molecular weight excluding hydrogens is 211 g/mol. The monoisotopic (exact) mass is 222 g/mol. The average molecular weight is 222 g/mol. The van der Waals surface area contributed by atoms with E-state index in [0.717, 1.165) is 0 Å². The first-order valence-electron chi connectivity index (χ1n) is 4.72. The Morgan fingerprint density at radius 1 is 1.44 bits per heavy atom. The summed E-state index contributed by atoms with van der Waals surface area (Å²) in [6.45, 7) is -0.0908. The highest BCUT2D eigenvalue weighted by atomic mass is 19.1. The number of hydrogen-bond acceptors (Lipinski definition) is 3. The summed E-state index contributed by atoms with van der Waals surface area (Å²) in [6, 6.07) is 4.30. The average Bonchev–Trinajstić information content (AvgIpc) is 2.76. The van der Waals surface area contributed by atoms with E-state index in [9.17, 15) is 4.39 Å². The fourth-order valence-electron chi connectivity index (χ4n) is 1.38. The molecule has 5 heteroatoms. The van der Waals surface area contributed by atoms with Crippen molar-refractivity contribution in [2.24, 2.45) is 0 Å². The molecule has 2 aromatic rings. The summed E-state index contributed by atoms with van der Waals surface area (Å²) in [5.74, 6) is 0.0337. The van der Waals surface area contributed by atoms with Crippen LogP contribution in [0.4, 0.5) is 4.39 Å². The van der Waals surface area contributed by atoms with Crippen LogP contribution in [0, 0.1) is 5.82 Å². The number of hydrogen-bond donors (Lipinski definition) is 1. The van der Waals surface area contributed by atoms with Crippen LogP contribution in [0.5, 0.6) is 5.75 Å². The van der Waals surface area contributed by atoms with Crippen LogP contribution < -0.4 is 4.74 Å². The lowest BCUT2D eigenvalue weighted by Crippen LogP contribution is -1.96. The van der Waals surface area contributed by atoms with Gasteiger partial charge in [0.15, 0.2) is 0 Å². The normalized spacial score (nSPS) is 10.4. The van der Waals surface area contributed by atoms with E-state index in [1.54, 1.807) is 12.3 Å². The van der Waals surface area contributed by atoms with Gasteiger partial charge >= 0.3 is 0 Å². The molecule has 84 valence electrons. The van der Waals surface area contributed by atoms with E-state index < -0.39 is 5.82 Å². The van der Waals surface area contributed by atoms with Crippen LogP contribution in [-0.2, 0) is 6.61 Å². The van der Waals surface area contributed by atoms with Gasteiger partial charge in [0.2, 0.25) is 0 Å². The maximum absolute atomic E-state index is 13.2. The van der Waals surface area contributed by atoms with E-state index in [1.807, 2.05) is 0 Å². The first kappa shape index (κ1) is 10.6. The van der Waals surface area contributed by atoms with Gasteiger partial charge in [-0.2, -0.15) is 5.10 Å². The van der Waals surface area contributed by atoms with Crippen LogP contribution in [0.15, 0.2) is 30.6 Å². The molecule has 0 aliphatic rings. The second-order valence-corrected chi connectivity index (χ2v) is 3.30. The summed E-state index contributed by atoms with van der Waals surface area (Å²) in [7, 11) is 1.47. The van der Waals surface area contributed by atoms with Crippen molar-refractivity contribution in [3.8, 4) is 11.4 Å². The Morgan fingerprint density at radius 2 is 2.25 bits per heavy atom. The van der Waals surface area contributed by atoms with E-state index in [4.69, 9.17) is 9.84 Å². The predicted molar refractivity (Wildman–Crippen MR) is 56.0 cm³/mol. The van der Waals surface area contributed by atoms with Crippen molar-refractivity contribution in [3.05, 3.63) is 42.0 Å². The molecule has 0 unspecified atom stereocenters. The zero-order valence-electron chi connectivity index (χ0n) is 8.72. The maximum atomic E-state index is 13.2. The van der Waals surface area contributed by atoms with Gasteiger partial charge in [-0.1, -0.05) is 0 Å². The molecule has 0 spiro atoms. The number of rotatable bonds is 3. The lowest BCUT2D eigenvalue weighted by atomic mass is 10.3. The predicted octanol–water partition coefficient (Wildman–Crippen LogP) is 1.51. The van der Waals surface area contributed by atoms with Gasteiger partial charge in [-0.25, -0.2) is 9.07 Å². The van der Waals surface area contributed by atoms with Crippen LogP contribution in [0.1, 0.15) is 5.56 Å². The summed E-state index contributed by atoms with van der Waals surface area (Å²) in [4.78, 5) is 0. The third-order valence-corrected chi connectivity index (χ3v) is 2.17. The summed E-state index contributed by atoms with van der Waals surface area (Å²) in [6.07, 6.45) is 3.16. The summed E-state index contributed by atoms with van der Waals surface area (Å²) < 4.78 is 19.7. The first-order valence-corrected chi connectivity index (χ1v) is 4.72. The van der Waals surface area contributed by atoms with Crippen molar-refractivity contribution in [2.45, 2.75) is 6.61 Å². The van der Waals surface area contributed by atoms with E-state index in [2.05, 4.69) is 5.10 Å². The van der Waals surface area contributed by atoms with Gasteiger partial charge in [0.1, 0.15) is 11.6 Å². The molecule has 0 amide bonds. The van der Waals surface area contributed by atoms with Crippen molar-refractivity contribution in [1.82, 2.24) is 9.78 Å². The maximum Gasteiger partial charge on any atom is 0.129 e. The van der Waals surface area contributed by atoms with Gasteiger partial charge in [-0.05, 0) is 6.07 Å². The molecule has 0 fully saturated rings. The number of aromatic nitrogens is 2. The molecule has 0 bridgehead atoms. The molecule has 4 nitrogen and oxygen atoms in total. The van der Waals surface area contributed by atoms with Crippen LogP contribution in [0.25, 0.3) is 5.69 Å². The van der Waals surface area contributed by atoms with Crippen molar-refractivity contribution >= 4 is 0 Å². The Labute approximate surface area is 91.9 Å². The second kappa shape index (κ2) is 4.32. The highest BCUT2D eigenvalue weighted by Gasteiger charge is 2.04. The lowest BCUT2D eigenvalue weighted by Gasteiger charge is -2.05. The van der Waals surface area contributed by atoms with Crippen molar-refractivity contribution in [2.75, 3.05) is 7.11 Å². The molecule has 0 saturated heterocycles. The topological polar surface area (TPSA) is 47.3 Å². The van der Waals surface area contributed by atoms with Crippen LogP contribution >= 0.6 is 0 Å². The number of aliphatic hydroxyl groups excluding tert-OH is 1. The number of methoxy groups -OCH3 is 1. The van der Waals surface area contributed by atoms with Gasteiger partial charge in [-0.15, -0.1) is 0 Å². The Bertz CT molecular complexity index is 496. The summed E-state index contributed by atoms with van der Waals surface area (Å²) in [5, 5.41) is 12.9. The van der Waals surface area contributed by atoms with E-state index >= 15 is 0 Å². The Morgan fingerprint density at radius 3 is 2.88 bits per heavy atom. The zero-order chi connectivity index (χ0) is 11.5. The van der Waals surface area contributed by atoms with Crippen molar-refractivity contribution in [3.63, 3.8) is 0 Å². The van der Waals surface area contributed by atoms with E-state index in [1.165, 1.54) is 30.1 Å². The van der Waals surface area contributed by atoms with Crippen LogP contribution in [0.3, 0.4) is 0 Å². The highest BCUT2D eigenvalue weighted by molar-refractivity contribution is 5.39. The largest absolute Gasteiger partial charge is 0.497 e. The Hall–Kier alpha value is -1.88. The van der Waals surface area contributed by atoms with Gasteiger partial charge in [-0.3, -0.25) is 0 Å². The number of benzene rings is 1. The highest BCUT2D eigenvalue weighted by Crippen LogP contribution is 2.18. The summed E-state index contributed by atoms with van der Waals surface area (Å²) in [5.41, 5.74) is 1.22. The lowest BCUT2D eigenvalue weighted by molar-refractivity contribution is 0.282. The molecule has 0 aliphatic carbocycles. The van der Waals surface area contributed by atoms with Crippen LogP contribution in [0.2, 0.25) is 0 Å². The quantitative estimate of drug-likeness (QED) is 0.856. The third-order valence-electron chi connectivity index (χ3n) is 2.17. The fraction of sp³-hybridized carbons (Fsp3) is 0.182. The molecule has 0 atom stereocenters. The minimum absolute atomic E-state index is 0.0908. The van der Waals surface area contributed by atoms with Crippen molar-refractivity contribution < 1.29 is 14.2 Å². The molecule has 1 aromatic heterocycles. The molecular formula is C11H11FN2O2. The smallest absolute Gasteiger partial charge is 0.129 e. The first-order chi connectivity index (χ1) is 7.72. The number of aliphatic hydroxyl groups is 1. The molecule has 2 rings (SSSR count). The molecule has 1 N–H and O–H groups in total. The Balaban J connectivity index is 2.42. The minimum atomic E-state index is -0.393. The van der Waals surface area contributed by atoms with Gasteiger partial charge in [0.05, 0.1) is 25.6 Å². The van der Waals surface area contributed by atoms with Crippen molar-refractivity contribution in [1.29, 1.82) is 0 Å². The van der Waals surface area contributed by atoms with Gasteiger partial charge in [0.25, 0.3) is 0 Å². The second-order valence-electron chi connectivity index (χ2n) is 3.30. The SMILES string of the molecule is COc1cc(F)cc(-n2cc(CO)cn2)c1. The Kier molecular flexibility index (Phi) is 2.87. The van der Waals surface area contributed by atoms with Gasteiger partial charge in [0, 0.05) is 23.9 Å². The van der Waals surface area contributed by atoms with Gasteiger partial charge < -0.3 is 9.84 Å². The standard InChI is InChI=1S/C11H11FN2O2/c1-16-11-3-9(12)2-10(4-11)14-6-8(7-15)5-13-14/h2-6,15H,7H2,1H3. The third kappa shape index (κ3) is 2.04. The minimum Gasteiger partial charge on any atom is -0.497 e. The molecule has 0 aliphatic heterocycles. The molecule has 16 heavy (non-hydrogen) atoms. The van der Waals surface area contributed by atoms with E-state index in [-0.39, 0.29) is 6.61 Å². The molecule has 1 heterocycles. The zero-order valence-corrected chi connectivity index (χ0v) is 8.72. The number of ether oxygens (including phenoxy) is 1. The fourth-order valence-corrected chi connectivity index (χ4v) is 1.38. The van der Waals surface area contributed by atoms with Crippen LogP contribution in [-0.4, -0.2) is 22.0 Å². The molecule has 0 radical (unpaired) electrons. The summed E-state index contributed by atoms with van der Waals surface area (Å²) >= 11 is 0. The van der Waals surface area contributed by atoms with E-state index in [0.29, 0.717) is 17.0 Å². The number of nitrogens with zero attached hydrogens (tertiary/aromatic N) is 2. The number of halogens is 1. The molecule has 0 saturated carbocycles.